The number of thioether (sulfide) groups is 1. The standard InChI is InChI=1S/C13H17NO5S3/c1-10-3-2-4-12(7-10)22(18,19)14-13(15)8-20-11-5-6-21(16,17)9-11/h2-4,7,11H,5-6,8-9H2,1H3,(H,14,15)/t11-/m0/s1. The smallest absolute Gasteiger partial charge is 0.264 e. The maximum atomic E-state index is 12.1. The Morgan fingerprint density at radius 2 is 2.14 bits per heavy atom. The van der Waals surface area contributed by atoms with Gasteiger partial charge in [0.2, 0.25) is 5.91 Å². The molecule has 0 radical (unpaired) electrons. The van der Waals surface area contributed by atoms with Crippen LogP contribution in [0.15, 0.2) is 29.2 Å². The monoisotopic (exact) mass is 363 g/mol. The van der Waals surface area contributed by atoms with Crippen molar-refractivity contribution in [2.24, 2.45) is 0 Å². The van der Waals surface area contributed by atoms with Crippen molar-refractivity contribution in [2.75, 3.05) is 17.3 Å². The van der Waals surface area contributed by atoms with Crippen LogP contribution in [0.25, 0.3) is 0 Å². The van der Waals surface area contributed by atoms with Crippen molar-refractivity contribution in [2.45, 2.75) is 23.5 Å². The van der Waals surface area contributed by atoms with Gasteiger partial charge in [-0.05, 0) is 31.0 Å². The van der Waals surface area contributed by atoms with Crippen molar-refractivity contribution in [3.63, 3.8) is 0 Å². The number of sulfone groups is 1. The second-order valence-corrected chi connectivity index (χ2v) is 10.4. The normalized spacial score (nSPS) is 20.7. The third-order valence-corrected chi connectivity index (χ3v) is 7.84. The number of aryl methyl sites for hydroxylation is 1. The summed E-state index contributed by atoms with van der Waals surface area (Å²) in [5, 5.41) is -0.141. The lowest BCUT2D eigenvalue weighted by Gasteiger charge is -2.09. The van der Waals surface area contributed by atoms with Crippen LogP contribution in [-0.4, -0.2) is 45.3 Å². The van der Waals surface area contributed by atoms with Crippen molar-refractivity contribution >= 4 is 37.5 Å². The maximum Gasteiger partial charge on any atom is 0.264 e. The first-order valence-corrected chi connectivity index (χ1v) is 11.0. The molecule has 1 atom stereocenters. The van der Waals surface area contributed by atoms with Gasteiger partial charge >= 0.3 is 0 Å². The molecule has 0 spiro atoms. The first-order chi connectivity index (χ1) is 10.2. The van der Waals surface area contributed by atoms with Gasteiger partial charge in [0.25, 0.3) is 10.0 Å². The van der Waals surface area contributed by atoms with Gasteiger partial charge in [0.1, 0.15) is 0 Å². The van der Waals surface area contributed by atoms with E-state index in [1.807, 2.05) is 4.72 Å². The highest BCUT2D eigenvalue weighted by Crippen LogP contribution is 2.24. The van der Waals surface area contributed by atoms with Gasteiger partial charge < -0.3 is 0 Å². The van der Waals surface area contributed by atoms with Crippen LogP contribution in [0, 0.1) is 6.92 Å². The molecule has 6 nitrogen and oxygen atoms in total. The molecule has 122 valence electrons. The zero-order valence-corrected chi connectivity index (χ0v) is 14.4. The lowest BCUT2D eigenvalue weighted by Crippen LogP contribution is -2.32. The second kappa shape index (κ2) is 6.59. The highest BCUT2D eigenvalue weighted by Gasteiger charge is 2.29. The summed E-state index contributed by atoms with van der Waals surface area (Å²) in [6.45, 7) is 1.76. The lowest BCUT2D eigenvalue weighted by molar-refractivity contribution is -0.116. The Labute approximate surface area is 134 Å². The third kappa shape index (κ3) is 4.72. The van der Waals surface area contributed by atoms with Crippen molar-refractivity contribution < 1.29 is 21.6 Å². The van der Waals surface area contributed by atoms with E-state index >= 15 is 0 Å². The maximum absolute atomic E-state index is 12.1. The van der Waals surface area contributed by atoms with Crippen molar-refractivity contribution in [1.29, 1.82) is 0 Å². The minimum Gasteiger partial charge on any atom is -0.273 e. The minimum atomic E-state index is -3.88. The summed E-state index contributed by atoms with van der Waals surface area (Å²) in [6.07, 6.45) is 0.505. The molecule has 1 aromatic carbocycles. The summed E-state index contributed by atoms with van der Waals surface area (Å²) in [6, 6.07) is 6.26. The number of sulfonamides is 1. The fourth-order valence-corrected chi connectivity index (χ4v) is 6.73. The van der Waals surface area contributed by atoms with Crippen LogP contribution >= 0.6 is 11.8 Å². The van der Waals surface area contributed by atoms with Crippen LogP contribution in [0.1, 0.15) is 12.0 Å². The number of nitrogens with one attached hydrogen (secondary N) is 1. The number of benzene rings is 1. The topological polar surface area (TPSA) is 97.4 Å². The summed E-state index contributed by atoms with van der Waals surface area (Å²) in [7, 11) is -6.88. The molecule has 0 aliphatic carbocycles. The zero-order chi connectivity index (χ0) is 16.4. The molecule has 1 aliphatic heterocycles. The third-order valence-electron chi connectivity index (χ3n) is 3.19. The van der Waals surface area contributed by atoms with Crippen LogP contribution in [0.3, 0.4) is 0 Å². The van der Waals surface area contributed by atoms with Crippen LogP contribution in [0.4, 0.5) is 0 Å². The SMILES string of the molecule is Cc1cccc(S(=O)(=O)NC(=O)CS[C@H]2CCS(=O)(=O)C2)c1. The average Bonchev–Trinajstić information content (AvgIpc) is 2.76. The molecule has 1 saturated heterocycles. The fraction of sp³-hybridized carbons (Fsp3) is 0.462. The van der Waals surface area contributed by atoms with E-state index in [9.17, 15) is 21.6 Å². The van der Waals surface area contributed by atoms with Crippen LogP contribution in [0.5, 0.6) is 0 Å². The Morgan fingerprint density at radius 1 is 1.41 bits per heavy atom. The van der Waals surface area contributed by atoms with Gasteiger partial charge in [-0.25, -0.2) is 21.6 Å². The summed E-state index contributed by atoms with van der Waals surface area (Å²) < 4.78 is 48.8. The van der Waals surface area contributed by atoms with E-state index < -0.39 is 25.8 Å². The van der Waals surface area contributed by atoms with Gasteiger partial charge in [0.15, 0.2) is 9.84 Å². The largest absolute Gasteiger partial charge is 0.273 e. The van der Waals surface area contributed by atoms with Gasteiger partial charge in [0.05, 0.1) is 22.2 Å². The molecule has 0 unspecified atom stereocenters. The average molecular weight is 363 g/mol. The molecule has 1 fully saturated rings. The Hall–Kier alpha value is -1.06. The lowest BCUT2D eigenvalue weighted by atomic mass is 10.2. The number of rotatable bonds is 5. The Bertz CT molecular complexity index is 771. The van der Waals surface area contributed by atoms with Gasteiger partial charge in [-0.15, -0.1) is 11.8 Å². The number of hydrogen-bond acceptors (Lipinski definition) is 6. The Balaban J connectivity index is 1.92. The Kier molecular flexibility index (Phi) is 5.18. The molecule has 2 rings (SSSR count). The minimum absolute atomic E-state index is 0.0364. The Morgan fingerprint density at radius 3 is 2.73 bits per heavy atom. The summed E-state index contributed by atoms with van der Waals surface area (Å²) >= 11 is 1.18. The van der Waals surface area contributed by atoms with Crippen molar-refractivity contribution in [3.8, 4) is 0 Å². The first-order valence-electron chi connectivity index (χ1n) is 6.62. The second-order valence-electron chi connectivity index (χ2n) is 5.18. The zero-order valence-electron chi connectivity index (χ0n) is 12.0. The van der Waals surface area contributed by atoms with Crippen molar-refractivity contribution in [3.05, 3.63) is 29.8 Å². The quantitative estimate of drug-likeness (QED) is 0.828. The number of carbonyl (C=O) groups is 1. The molecule has 0 saturated carbocycles. The van der Waals surface area contributed by atoms with Crippen LogP contribution in [0.2, 0.25) is 0 Å². The molecule has 1 heterocycles. The van der Waals surface area contributed by atoms with Crippen LogP contribution in [-0.2, 0) is 24.7 Å². The number of amides is 1. The van der Waals surface area contributed by atoms with E-state index in [4.69, 9.17) is 0 Å². The van der Waals surface area contributed by atoms with Gasteiger partial charge in [-0.1, -0.05) is 12.1 Å². The van der Waals surface area contributed by atoms with E-state index in [0.717, 1.165) is 5.56 Å². The van der Waals surface area contributed by atoms with Gasteiger partial charge in [0, 0.05) is 5.25 Å². The highest BCUT2D eigenvalue weighted by atomic mass is 32.2. The molecule has 1 aliphatic rings. The van der Waals surface area contributed by atoms with Gasteiger partial charge in [-0.3, -0.25) is 4.79 Å². The highest BCUT2D eigenvalue weighted by molar-refractivity contribution is 8.02. The van der Waals surface area contributed by atoms with E-state index in [1.165, 1.54) is 23.9 Å². The van der Waals surface area contributed by atoms with E-state index in [0.29, 0.717) is 6.42 Å². The summed E-state index contributed by atoms with van der Waals surface area (Å²) in [5.41, 5.74) is 0.779. The van der Waals surface area contributed by atoms with Crippen molar-refractivity contribution in [1.82, 2.24) is 4.72 Å². The predicted octanol–water partition coefficient (Wildman–Crippen LogP) is 0.720. The summed E-state index contributed by atoms with van der Waals surface area (Å²) in [5.74, 6) is -0.537. The first kappa shape index (κ1) is 17.3. The molecular formula is C13H17NO5S3. The van der Waals surface area contributed by atoms with E-state index in [1.54, 1.807) is 19.1 Å². The number of carbonyl (C=O) groups excluding carboxylic acids is 1. The van der Waals surface area contributed by atoms with E-state index in [-0.39, 0.29) is 27.4 Å². The molecule has 0 bridgehead atoms. The molecule has 1 amide bonds. The van der Waals surface area contributed by atoms with Gasteiger partial charge in [-0.2, -0.15) is 0 Å². The molecule has 1 N–H and O–H groups in total. The molecule has 22 heavy (non-hydrogen) atoms. The van der Waals surface area contributed by atoms with E-state index in [2.05, 4.69) is 0 Å². The molecule has 9 heteroatoms. The molecule has 1 aromatic rings. The summed E-state index contributed by atoms with van der Waals surface area (Å²) in [4.78, 5) is 11.8. The van der Waals surface area contributed by atoms with Crippen LogP contribution < -0.4 is 4.72 Å². The molecule has 0 aromatic heterocycles. The predicted molar refractivity (Wildman–Crippen MR) is 86.0 cm³/mol. The molecular weight excluding hydrogens is 346 g/mol. The fourth-order valence-electron chi connectivity index (χ4n) is 2.11. The number of hydrogen-bond donors (Lipinski definition) is 1.